The molecule has 0 aromatic heterocycles. The molecule has 3 N–H and O–H groups in total. The molecule has 92 valence electrons. The zero-order chi connectivity index (χ0) is 13.2. The highest BCUT2D eigenvalue weighted by atomic mass is 19.2. The Balaban J connectivity index is 3.58. The highest BCUT2D eigenvalue weighted by Gasteiger charge is 2.27. The first kappa shape index (κ1) is 13.2. The maximum atomic E-state index is 13.2. The Morgan fingerprint density at radius 2 is 1.59 bits per heavy atom. The van der Waals surface area contributed by atoms with E-state index in [4.69, 9.17) is 10.8 Å². The van der Waals surface area contributed by atoms with Gasteiger partial charge in [0.1, 0.15) is 5.56 Å². The van der Waals surface area contributed by atoms with E-state index in [-0.39, 0.29) is 6.54 Å². The maximum Gasteiger partial charge on any atom is 0.341 e. The number of carbonyl (C=O) groups is 1. The third-order valence-corrected chi connectivity index (χ3v) is 1.93. The SMILES string of the molecule is NC/C=C/c1c(F)c(F)c(C(=O)O)c(F)c1F. The first-order chi connectivity index (χ1) is 7.91. The molecule has 0 radical (unpaired) electrons. The third-order valence-electron chi connectivity index (χ3n) is 1.93. The molecule has 0 saturated heterocycles. The van der Waals surface area contributed by atoms with Gasteiger partial charge in [0.2, 0.25) is 0 Å². The number of halogens is 4. The fourth-order valence-corrected chi connectivity index (χ4v) is 1.17. The number of hydrogen-bond donors (Lipinski definition) is 2. The highest BCUT2D eigenvalue weighted by molar-refractivity contribution is 5.88. The summed E-state index contributed by atoms with van der Waals surface area (Å²) in [6, 6.07) is 0. The summed E-state index contributed by atoms with van der Waals surface area (Å²) in [5.41, 5.74) is 2.35. The Kier molecular flexibility index (Phi) is 3.84. The van der Waals surface area contributed by atoms with E-state index in [1.807, 2.05) is 0 Å². The Labute approximate surface area is 93.2 Å². The van der Waals surface area contributed by atoms with Crippen LogP contribution < -0.4 is 5.73 Å². The smallest absolute Gasteiger partial charge is 0.341 e. The van der Waals surface area contributed by atoms with E-state index in [1.165, 1.54) is 0 Å². The molecule has 0 spiro atoms. The first-order valence-corrected chi connectivity index (χ1v) is 4.37. The quantitative estimate of drug-likeness (QED) is 0.635. The molecule has 1 aromatic carbocycles. The van der Waals surface area contributed by atoms with E-state index in [2.05, 4.69) is 0 Å². The van der Waals surface area contributed by atoms with Crippen molar-refractivity contribution >= 4 is 12.0 Å². The summed E-state index contributed by atoms with van der Waals surface area (Å²) >= 11 is 0. The first-order valence-electron chi connectivity index (χ1n) is 4.37. The van der Waals surface area contributed by atoms with Gasteiger partial charge in [-0.3, -0.25) is 0 Å². The van der Waals surface area contributed by atoms with E-state index >= 15 is 0 Å². The summed E-state index contributed by atoms with van der Waals surface area (Å²) in [4.78, 5) is 10.4. The average Bonchev–Trinajstić information content (AvgIpc) is 2.26. The minimum absolute atomic E-state index is 0.0944. The fourth-order valence-electron chi connectivity index (χ4n) is 1.17. The number of carboxylic acid groups (broad SMARTS) is 1. The van der Waals surface area contributed by atoms with Gasteiger partial charge in [0.15, 0.2) is 23.3 Å². The van der Waals surface area contributed by atoms with Gasteiger partial charge in [0, 0.05) is 6.54 Å². The van der Waals surface area contributed by atoms with Crippen LogP contribution in [0.3, 0.4) is 0 Å². The van der Waals surface area contributed by atoms with Crippen LogP contribution >= 0.6 is 0 Å². The van der Waals surface area contributed by atoms with Crippen molar-refractivity contribution in [3.8, 4) is 0 Å². The Hall–Kier alpha value is -1.89. The van der Waals surface area contributed by atoms with Crippen LogP contribution in [-0.2, 0) is 0 Å². The lowest BCUT2D eigenvalue weighted by atomic mass is 10.1. The van der Waals surface area contributed by atoms with E-state index in [9.17, 15) is 22.4 Å². The maximum absolute atomic E-state index is 13.2. The number of aromatic carboxylic acids is 1. The lowest BCUT2D eigenvalue weighted by Gasteiger charge is -2.06. The van der Waals surface area contributed by atoms with Crippen molar-refractivity contribution in [2.75, 3.05) is 6.54 Å². The summed E-state index contributed by atoms with van der Waals surface area (Å²) in [7, 11) is 0. The lowest BCUT2D eigenvalue weighted by Crippen LogP contribution is -2.11. The molecule has 1 aromatic rings. The van der Waals surface area contributed by atoms with Crippen molar-refractivity contribution in [3.63, 3.8) is 0 Å². The summed E-state index contributed by atoms with van der Waals surface area (Å²) in [5, 5.41) is 8.41. The Morgan fingerprint density at radius 1 is 1.12 bits per heavy atom. The standard InChI is InChI=1S/C10H7F4NO2/c11-6-4(2-1-3-15)7(12)9(14)5(8(6)13)10(16)17/h1-2H,3,15H2,(H,16,17)/b2-1+. The predicted molar refractivity (Wildman–Crippen MR) is 51.3 cm³/mol. The van der Waals surface area contributed by atoms with Gasteiger partial charge in [-0.2, -0.15) is 0 Å². The van der Waals surface area contributed by atoms with Crippen molar-refractivity contribution < 1.29 is 27.5 Å². The second kappa shape index (κ2) is 4.96. The molecule has 3 nitrogen and oxygen atoms in total. The Bertz CT molecular complexity index is 471. The van der Waals surface area contributed by atoms with Crippen LogP contribution in [0, 0.1) is 23.3 Å². The van der Waals surface area contributed by atoms with Crippen molar-refractivity contribution in [3.05, 3.63) is 40.5 Å². The molecule has 0 heterocycles. The van der Waals surface area contributed by atoms with Gasteiger partial charge in [0.05, 0.1) is 5.56 Å². The Morgan fingerprint density at radius 3 is 1.94 bits per heavy atom. The van der Waals surface area contributed by atoms with Gasteiger partial charge in [-0.1, -0.05) is 12.2 Å². The van der Waals surface area contributed by atoms with Gasteiger partial charge in [-0.05, 0) is 0 Å². The van der Waals surface area contributed by atoms with E-state index in [1.54, 1.807) is 0 Å². The van der Waals surface area contributed by atoms with E-state index in [0.29, 0.717) is 0 Å². The second-order valence-corrected chi connectivity index (χ2v) is 2.99. The topological polar surface area (TPSA) is 63.3 Å². The number of benzene rings is 1. The molecule has 7 heteroatoms. The molecule has 17 heavy (non-hydrogen) atoms. The molecular weight excluding hydrogens is 242 g/mol. The second-order valence-electron chi connectivity index (χ2n) is 2.99. The van der Waals surface area contributed by atoms with Gasteiger partial charge in [0.25, 0.3) is 0 Å². The van der Waals surface area contributed by atoms with Crippen LogP contribution in [0.1, 0.15) is 15.9 Å². The molecule has 0 fully saturated rings. The van der Waals surface area contributed by atoms with Crippen molar-refractivity contribution in [2.24, 2.45) is 5.73 Å². The molecule has 0 aliphatic heterocycles. The van der Waals surface area contributed by atoms with Gasteiger partial charge < -0.3 is 10.8 Å². The fraction of sp³-hybridized carbons (Fsp3) is 0.100. The molecule has 0 saturated carbocycles. The summed E-state index contributed by atoms with van der Waals surface area (Å²) in [6.45, 7) is -0.0944. The van der Waals surface area contributed by atoms with Crippen LogP contribution in [0.4, 0.5) is 17.6 Å². The molecular formula is C10H7F4NO2. The van der Waals surface area contributed by atoms with Crippen LogP contribution in [0.2, 0.25) is 0 Å². The molecule has 0 atom stereocenters. The van der Waals surface area contributed by atoms with E-state index < -0.39 is 40.4 Å². The summed E-state index contributed by atoms with van der Waals surface area (Å²) < 4.78 is 52.8. The highest BCUT2D eigenvalue weighted by Crippen LogP contribution is 2.25. The minimum atomic E-state index is -2.09. The van der Waals surface area contributed by atoms with Crippen LogP contribution in [0.15, 0.2) is 6.08 Å². The number of nitrogens with two attached hydrogens (primary N) is 1. The zero-order valence-electron chi connectivity index (χ0n) is 8.31. The summed E-state index contributed by atoms with van der Waals surface area (Å²) in [6.07, 6.45) is 1.81. The molecule has 0 aliphatic carbocycles. The van der Waals surface area contributed by atoms with Crippen molar-refractivity contribution in [1.29, 1.82) is 0 Å². The van der Waals surface area contributed by atoms with E-state index in [0.717, 1.165) is 12.2 Å². The van der Waals surface area contributed by atoms with Crippen molar-refractivity contribution in [1.82, 2.24) is 0 Å². The third kappa shape index (κ3) is 2.28. The monoisotopic (exact) mass is 249 g/mol. The predicted octanol–water partition coefficient (Wildman–Crippen LogP) is 1.91. The molecule has 0 amide bonds. The van der Waals surface area contributed by atoms with Gasteiger partial charge in [-0.25, -0.2) is 22.4 Å². The average molecular weight is 249 g/mol. The largest absolute Gasteiger partial charge is 0.477 e. The normalized spacial score (nSPS) is 11.1. The minimum Gasteiger partial charge on any atom is -0.477 e. The van der Waals surface area contributed by atoms with Crippen LogP contribution in [0.25, 0.3) is 6.08 Å². The summed E-state index contributed by atoms with van der Waals surface area (Å²) in [5.74, 6) is -9.54. The lowest BCUT2D eigenvalue weighted by molar-refractivity contribution is 0.0683. The number of hydrogen-bond acceptors (Lipinski definition) is 2. The van der Waals surface area contributed by atoms with Gasteiger partial charge in [-0.15, -0.1) is 0 Å². The zero-order valence-corrected chi connectivity index (χ0v) is 8.31. The number of carboxylic acids is 1. The molecule has 0 unspecified atom stereocenters. The molecule has 0 bridgehead atoms. The molecule has 0 aliphatic rings. The van der Waals surface area contributed by atoms with Gasteiger partial charge >= 0.3 is 5.97 Å². The number of rotatable bonds is 3. The van der Waals surface area contributed by atoms with Crippen LogP contribution in [-0.4, -0.2) is 17.6 Å². The molecule has 1 rings (SSSR count). The van der Waals surface area contributed by atoms with Crippen LogP contribution in [0.5, 0.6) is 0 Å². The van der Waals surface area contributed by atoms with Crippen molar-refractivity contribution in [2.45, 2.75) is 0 Å².